The Kier molecular flexibility index (Phi) is 9.03. The maximum Gasteiger partial charge on any atom is 0.430 e. The molecule has 0 spiro atoms. The van der Waals surface area contributed by atoms with Crippen LogP contribution in [-0.4, -0.2) is 58.2 Å². The molecule has 0 bridgehead atoms. The van der Waals surface area contributed by atoms with Gasteiger partial charge in [0.1, 0.15) is 11.6 Å². The number of rotatable bonds is 9. The summed E-state index contributed by atoms with van der Waals surface area (Å²) in [5.41, 5.74) is -5.96. The van der Waals surface area contributed by atoms with Crippen LogP contribution in [0.3, 0.4) is 0 Å². The number of benzene rings is 3. The van der Waals surface area contributed by atoms with E-state index in [9.17, 15) is 36.2 Å². The summed E-state index contributed by atoms with van der Waals surface area (Å²) in [6, 6.07) is 16.8. The van der Waals surface area contributed by atoms with Gasteiger partial charge < -0.3 is 14.7 Å². The standard InChI is InChI=1S/C32H31F6N3O3/c33-31(34,35)30(43,32(36,37)38)23-10-12-24(13-11-23)41-28(20-22-8-3-1-4-9-22)39-27-15-14-25(21-26(27)29(41)42)44-19-7-18-40-16-5-2-6-17-40/h1,3-4,8-15,21,43H,2,5-7,16-20H2. The van der Waals surface area contributed by atoms with Crippen molar-refractivity contribution in [3.8, 4) is 11.4 Å². The summed E-state index contributed by atoms with van der Waals surface area (Å²) >= 11 is 0. The van der Waals surface area contributed by atoms with Gasteiger partial charge in [-0.1, -0.05) is 48.9 Å². The van der Waals surface area contributed by atoms with Gasteiger partial charge in [-0.25, -0.2) is 4.98 Å². The van der Waals surface area contributed by atoms with E-state index in [4.69, 9.17) is 4.74 Å². The molecule has 0 radical (unpaired) electrons. The molecule has 1 aliphatic rings. The molecule has 0 saturated carbocycles. The number of aliphatic hydroxyl groups is 1. The molecule has 234 valence electrons. The van der Waals surface area contributed by atoms with Crippen LogP contribution in [0, 0.1) is 0 Å². The van der Waals surface area contributed by atoms with Crippen molar-refractivity contribution < 1.29 is 36.2 Å². The number of fused-ring (bicyclic) bond motifs is 1. The average molecular weight is 620 g/mol. The van der Waals surface area contributed by atoms with Gasteiger partial charge in [-0.2, -0.15) is 26.3 Å². The monoisotopic (exact) mass is 619 g/mol. The van der Waals surface area contributed by atoms with E-state index in [0.29, 0.717) is 30.0 Å². The molecule has 1 saturated heterocycles. The molecule has 1 aliphatic heterocycles. The second-order valence-electron chi connectivity index (χ2n) is 10.9. The Balaban J connectivity index is 1.50. The summed E-state index contributed by atoms with van der Waals surface area (Å²) < 4.78 is 87.8. The molecular weight excluding hydrogens is 588 g/mol. The van der Waals surface area contributed by atoms with E-state index in [-0.39, 0.29) is 23.3 Å². The summed E-state index contributed by atoms with van der Waals surface area (Å²) in [6.45, 7) is 3.47. The molecule has 12 heteroatoms. The van der Waals surface area contributed by atoms with E-state index in [2.05, 4.69) is 9.88 Å². The van der Waals surface area contributed by atoms with Crippen molar-refractivity contribution in [3.63, 3.8) is 0 Å². The fourth-order valence-corrected chi connectivity index (χ4v) is 5.46. The van der Waals surface area contributed by atoms with Crippen LogP contribution in [0.1, 0.15) is 42.6 Å². The summed E-state index contributed by atoms with van der Waals surface area (Å²) in [7, 11) is 0. The van der Waals surface area contributed by atoms with E-state index in [0.717, 1.165) is 48.3 Å². The van der Waals surface area contributed by atoms with Gasteiger partial charge in [0, 0.05) is 18.5 Å². The molecule has 1 N–H and O–H groups in total. The lowest BCUT2D eigenvalue weighted by atomic mass is 9.92. The largest absolute Gasteiger partial charge is 0.494 e. The number of halogens is 6. The van der Waals surface area contributed by atoms with E-state index < -0.39 is 29.1 Å². The van der Waals surface area contributed by atoms with E-state index in [1.54, 1.807) is 42.5 Å². The minimum absolute atomic E-state index is 0.0152. The SMILES string of the molecule is O=c1c2cc(OCCCN3CCCCC3)ccc2nc(Cc2ccccc2)n1-c1ccc(C(O)(C(F)(F)F)C(F)(F)F)cc1. The summed E-state index contributed by atoms with van der Waals surface area (Å²) in [4.78, 5) is 20.9. The summed E-state index contributed by atoms with van der Waals surface area (Å²) in [5.74, 6) is 0.659. The second-order valence-corrected chi connectivity index (χ2v) is 10.9. The predicted molar refractivity (Wildman–Crippen MR) is 153 cm³/mol. The van der Waals surface area contributed by atoms with Crippen molar-refractivity contribution in [3.05, 3.63) is 100 Å². The highest BCUT2D eigenvalue weighted by Gasteiger charge is 2.71. The van der Waals surface area contributed by atoms with Gasteiger partial charge in [0.15, 0.2) is 0 Å². The molecule has 1 aromatic heterocycles. The molecule has 6 nitrogen and oxygen atoms in total. The first-order valence-corrected chi connectivity index (χ1v) is 14.3. The Morgan fingerprint density at radius 2 is 1.50 bits per heavy atom. The highest BCUT2D eigenvalue weighted by Crippen LogP contribution is 2.50. The summed E-state index contributed by atoms with van der Waals surface area (Å²) in [5, 5.41) is 9.98. The fourth-order valence-electron chi connectivity index (χ4n) is 5.46. The zero-order valence-corrected chi connectivity index (χ0v) is 23.7. The van der Waals surface area contributed by atoms with Gasteiger partial charge >= 0.3 is 12.4 Å². The van der Waals surface area contributed by atoms with Crippen molar-refractivity contribution in [2.45, 2.75) is 50.1 Å². The lowest BCUT2D eigenvalue weighted by Gasteiger charge is -2.32. The number of likely N-dealkylation sites (tertiary alicyclic amines) is 1. The number of alkyl halides is 6. The second kappa shape index (κ2) is 12.6. The maximum atomic E-state index is 13.9. The number of aromatic nitrogens is 2. The van der Waals surface area contributed by atoms with Crippen molar-refractivity contribution in [2.24, 2.45) is 0 Å². The van der Waals surface area contributed by atoms with Crippen LogP contribution < -0.4 is 10.3 Å². The van der Waals surface area contributed by atoms with Crippen LogP contribution in [-0.2, 0) is 12.0 Å². The zero-order chi connectivity index (χ0) is 31.5. The van der Waals surface area contributed by atoms with E-state index >= 15 is 0 Å². The van der Waals surface area contributed by atoms with Crippen molar-refractivity contribution >= 4 is 10.9 Å². The van der Waals surface area contributed by atoms with Crippen molar-refractivity contribution in [1.82, 2.24) is 14.5 Å². The highest BCUT2D eigenvalue weighted by atomic mass is 19.4. The third-order valence-corrected chi connectivity index (χ3v) is 7.81. The molecule has 0 amide bonds. The Morgan fingerprint density at radius 3 is 2.14 bits per heavy atom. The van der Waals surface area contributed by atoms with Gasteiger partial charge in [0.25, 0.3) is 11.2 Å². The first kappa shape index (κ1) is 31.5. The molecule has 3 aromatic carbocycles. The average Bonchev–Trinajstić information content (AvgIpc) is 2.99. The lowest BCUT2D eigenvalue weighted by molar-refractivity contribution is -0.376. The van der Waals surface area contributed by atoms with Crippen molar-refractivity contribution in [1.29, 1.82) is 0 Å². The van der Waals surface area contributed by atoms with Gasteiger partial charge in [-0.05, 0) is 68.2 Å². The zero-order valence-electron chi connectivity index (χ0n) is 23.7. The normalized spacial score (nSPS) is 15.1. The number of nitrogens with zero attached hydrogens (tertiary/aromatic N) is 3. The van der Waals surface area contributed by atoms with Gasteiger partial charge in [-0.3, -0.25) is 9.36 Å². The number of ether oxygens (including phenoxy) is 1. The van der Waals surface area contributed by atoms with Gasteiger partial charge in [0.2, 0.25) is 0 Å². The van der Waals surface area contributed by atoms with E-state index in [1.807, 2.05) is 0 Å². The number of piperidine rings is 1. The molecule has 2 heterocycles. The first-order chi connectivity index (χ1) is 20.9. The smallest absolute Gasteiger partial charge is 0.430 e. The number of hydrogen-bond acceptors (Lipinski definition) is 5. The Labute approximate surface area is 249 Å². The first-order valence-electron chi connectivity index (χ1n) is 14.3. The third-order valence-electron chi connectivity index (χ3n) is 7.81. The summed E-state index contributed by atoms with van der Waals surface area (Å²) in [6.07, 6.45) is -7.50. The predicted octanol–water partition coefficient (Wildman–Crippen LogP) is 6.54. The van der Waals surface area contributed by atoms with Crippen molar-refractivity contribution in [2.75, 3.05) is 26.2 Å². The molecule has 44 heavy (non-hydrogen) atoms. The van der Waals surface area contributed by atoms with Gasteiger partial charge in [0.05, 0.1) is 23.2 Å². The quantitative estimate of drug-likeness (QED) is 0.170. The Bertz CT molecular complexity index is 1620. The Hall–Kier alpha value is -3.90. The topological polar surface area (TPSA) is 67.6 Å². The minimum Gasteiger partial charge on any atom is -0.494 e. The highest BCUT2D eigenvalue weighted by molar-refractivity contribution is 5.79. The molecule has 4 aromatic rings. The van der Waals surface area contributed by atoms with Crippen LogP contribution in [0.2, 0.25) is 0 Å². The van der Waals surface area contributed by atoms with E-state index in [1.165, 1.54) is 25.3 Å². The molecule has 0 unspecified atom stereocenters. The Morgan fingerprint density at radius 1 is 0.841 bits per heavy atom. The fraction of sp³-hybridized carbons (Fsp3) is 0.375. The third kappa shape index (κ3) is 6.46. The molecule has 1 fully saturated rings. The lowest BCUT2D eigenvalue weighted by Crippen LogP contribution is -2.53. The van der Waals surface area contributed by atoms with Crippen LogP contribution in [0.15, 0.2) is 77.6 Å². The minimum atomic E-state index is -6.03. The molecule has 5 rings (SSSR count). The van der Waals surface area contributed by atoms with Crippen LogP contribution >= 0.6 is 0 Å². The molecular formula is C32H31F6N3O3. The van der Waals surface area contributed by atoms with Crippen LogP contribution in [0.4, 0.5) is 26.3 Å². The number of hydrogen-bond donors (Lipinski definition) is 1. The molecule has 0 aliphatic carbocycles. The van der Waals surface area contributed by atoms with Crippen LogP contribution in [0.5, 0.6) is 5.75 Å². The van der Waals surface area contributed by atoms with Crippen LogP contribution in [0.25, 0.3) is 16.6 Å². The molecule has 0 atom stereocenters. The van der Waals surface area contributed by atoms with Gasteiger partial charge in [-0.15, -0.1) is 0 Å². The maximum absolute atomic E-state index is 13.9.